The maximum atomic E-state index is 13.7. The van der Waals surface area contributed by atoms with Crippen molar-refractivity contribution in [3.63, 3.8) is 0 Å². The van der Waals surface area contributed by atoms with Gasteiger partial charge in [-0.3, -0.25) is 52.9 Å². The van der Waals surface area contributed by atoms with E-state index in [-0.39, 0.29) is 63.6 Å². The molecule has 0 bridgehead atoms. The Hall–Kier alpha value is -6.23. The molecule has 0 saturated carbocycles. The highest BCUT2D eigenvalue weighted by Gasteiger charge is 2.35. The molecule has 0 radical (unpaired) electrons. The molecular formula is C39H73N15O13. The van der Waals surface area contributed by atoms with Crippen LogP contribution in [0.1, 0.15) is 91.9 Å². The summed E-state index contributed by atoms with van der Waals surface area (Å²) < 4.78 is 0. The number of amides is 10. The second-order valence-corrected chi connectivity index (χ2v) is 15.8. The number of nitrogens with two attached hydrogens (primary N) is 6. The van der Waals surface area contributed by atoms with Gasteiger partial charge in [0.05, 0.1) is 18.8 Å². The first kappa shape index (κ1) is 60.8. The molecule has 67 heavy (non-hydrogen) atoms. The van der Waals surface area contributed by atoms with Crippen LogP contribution in [0.5, 0.6) is 0 Å². The number of hydrogen-bond acceptors (Lipinski definition) is 16. The molecule has 382 valence electrons. The number of primary amides is 2. The summed E-state index contributed by atoms with van der Waals surface area (Å²) >= 11 is 0. The molecule has 0 spiro atoms. The van der Waals surface area contributed by atoms with E-state index in [1.165, 1.54) is 20.8 Å². The SMILES string of the molecule is CC(=O)NCCCC[C@H](NC(=O)[C@H](CCCN=C(N)N)NC(=O)[C@H](C)NC(=O)[C@@H](NC(=O)[C@H](CCC(N)=O)NC(=O)[C@H](CCCCN)NC(=O)[C@@H](N)[C@@H](C)O)[C@@H](C)O)C(=O)N[C@@H](CO)C(N)=O. The first-order valence-corrected chi connectivity index (χ1v) is 21.8. The second kappa shape index (κ2) is 32.4. The Morgan fingerprint density at radius 3 is 1.46 bits per heavy atom. The van der Waals surface area contributed by atoms with Gasteiger partial charge in [0.25, 0.3) is 0 Å². The monoisotopic (exact) mass is 960 g/mol. The van der Waals surface area contributed by atoms with Crippen molar-refractivity contribution in [2.75, 3.05) is 26.2 Å². The Morgan fingerprint density at radius 2 is 1.01 bits per heavy atom. The van der Waals surface area contributed by atoms with E-state index in [0.29, 0.717) is 19.3 Å². The van der Waals surface area contributed by atoms with Crippen LogP contribution in [0.3, 0.4) is 0 Å². The summed E-state index contributed by atoms with van der Waals surface area (Å²) in [5, 5.41) is 49.2. The van der Waals surface area contributed by atoms with Crippen LogP contribution in [0.4, 0.5) is 0 Å². The van der Waals surface area contributed by atoms with Gasteiger partial charge in [-0.15, -0.1) is 0 Å². The molecule has 10 atom stereocenters. The largest absolute Gasteiger partial charge is 0.394 e. The Kier molecular flexibility index (Phi) is 29.4. The quantitative estimate of drug-likeness (QED) is 0.0162. The van der Waals surface area contributed by atoms with E-state index in [0.717, 1.165) is 6.92 Å². The molecule has 0 aromatic heterocycles. The molecule has 0 heterocycles. The number of carbonyl (C=O) groups is 10. The fraction of sp³-hybridized carbons (Fsp3) is 0.718. The highest BCUT2D eigenvalue weighted by Crippen LogP contribution is 2.09. The third kappa shape index (κ3) is 25.3. The van der Waals surface area contributed by atoms with E-state index in [9.17, 15) is 63.3 Å². The van der Waals surface area contributed by atoms with Crippen LogP contribution >= 0.6 is 0 Å². The molecule has 28 nitrogen and oxygen atoms in total. The highest BCUT2D eigenvalue weighted by atomic mass is 16.3. The average Bonchev–Trinajstić information content (AvgIpc) is 3.24. The van der Waals surface area contributed by atoms with Crippen molar-refractivity contribution in [2.24, 2.45) is 39.4 Å². The topological polar surface area (TPSA) is 496 Å². The number of hydrogen-bond donors (Lipinski definition) is 17. The number of unbranched alkanes of at least 4 members (excludes halogenated alkanes) is 2. The Morgan fingerprint density at radius 1 is 0.552 bits per heavy atom. The number of aliphatic hydroxyl groups excluding tert-OH is 3. The summed E-state index contributed by atoms with van der Waals surface area (Å²) in [4.78, 5) is 132. The molecule has 0 saturated heterocycles. The first-order chi connectivity index (χ1) is 31.4. The predicted octanol–water partition coefficient (Wildman–Crippen LogP) is -8.28. The molecule has 0 fully saturated rings. The summed E-state index contributed by atoms with van der Waals surface area (Å²) in [6.45, 7) is 4.60. The number of rotatable bonds is 34. The molecule has 23 N–H and O–H groups in total. The molecule has 0 aromatic carbocycles. The summed E-state index contributed by atoms with van der Waals surface area (Å²) in [6.07, 6.45) is -2.29. The van der Waals surface area contributed by atoms with Crippen LogP contribution in [0.15, 0.2) is 4.99 Å². The van der Waals surface area contributed by atoms with E-state index in [1.807, 2.05) is 0 Å². The third-order valence-corrected chi connectivity index (χ3v) is 9.88. The molecule has 0 aliphatic rings. The van der Waals surface area contributed by atoms with Crippen molar-refractivity contribution in [2.45, 2.75) is 152 Å². The van der Waals surface area contributed by atoms with Crippen molar-refractivity contribution in [3.05, 3.63) is 0 Å². The third-order valence-electron chi connectivity index (χ3n) is 9.88. The van der Waals surface area contributed by atoms with E-state index >= 15 is 0 Å². The summed E-state index contributed by atoms with van der Waals surface area (Å²) in [5.74, 6) is -9.17. The summed E-state index contributed by atoms with van der Waals surface area (Å²) in [6, 6.07) is -11.8. The van der Waals surface area contributed by atoms with Gasteiger partial charge >= 0.3 is 0 Å². The standard InChI is InChI=1S/C39H73N15O13/c1-19(32(61)49-25(12-9-17-47-39(44)45)34(63)50-23(11-6-8-16-46-22(4)58)35(64)53-27(18-55)31(43)60)48-38(67)30(21(3)57)54-36(65)26(13-14-28(41)59)51-33(62)24(10-5-7-15-40)52-37(66)29(42)20(2)56/h19-21,23-27,29-30,55-57H,5-18,40,42H2,1-4H3,(H2,41,59)(H2,43,60)(H,46,58)(H,48,67)(H,49,61)(H,50,63)(H,51,62)(H,52,66)(H,53,64)(H,54,65)(H4,44,45,47)/t19-,20+,21+,23-,24-,25-,26-,27-,29-,30-/m0/s1. The minimum Gasteiger partial charge on any atom is -0.394 e. The van der Waals surface area contributed by atoms with Gasteiger partial charge in [0.15, 0.2) is 5.96 Å². The number of aliphatic imine (C=N–C) groups is 1. The minimum absolute atomic E-state index is 0.00944. The molecular weight excluding hydrogens is 887 g/mol. The number of nitrogens with one attached hydrogen (secondary N) is 8. The lowest BCUT2D eigenvalue weighted by atomic mass is 10.0. The van der Waals surface area contributed by atoms with Gasteiger partial charge in [0, 0.05) is 26.4 Å². The molecule has 10 amide bonds. The van der Waals surface area contributed by atoms with Gasteiger partial charge in [-0.05, 0) is 85.1 Å². The fourth-order valence-electron chi connectivity index (χ4n) is 5.93. The molecule has 0 aliphatic carbocycles. The maximum Gasteiger partial charge on any atom is 0.245 e. The van der Waals surface area contributed by atoms with Crippen LogP contribution in [0.2, 0.25) is 0 Å². The highest BCUT2D eigenvalue weighted by molar-refractivity contribution is 5.98. The smallest absolute Gasteiger partial charge is 0.245 e. The lowest BCUT2D eigenvalue weighted by molar-refractivity contribution is -0.137. The van der Waals surface area contributed by atoms with Gasteiger partial charge < -0.3 is 92.3 Å². The van der Waals surface area contributed by atoms with Crippen LogP contribution in [-0.4, -0.2) is 167 Å². The summed E-state index contributed by atoms with van der Waals surface area (Å²) in [5.41, 5.74) is 32.7. The zero-order valence-corrected chi connectivity index (χ0v) is 38.5. The average molecular weight is 960 g/mol. The Balaban J connectivity index is 6.36. The molecule has 0 aliphatic heterocycles. The van der Waals surface area contributed by atoms with E-state index in [1.54, 1.807) is 0 Å². The van der Waals surface area contributed by atoms with Crippen LogP contribution in [-0.2, 0) is 47.9 Å². The van der Waals surface area contributed by atoms with Gasteiger partial charge in [-0.2, -0.15) is 0 Å². The van der Waals surface area contributed by atoms with Gasteiger partial charge in [-0.1, -0.05) is 0 Å². The number of guanidine groups is 1. The van der Waals surface area contributed by atoms with Gasteiger partial charge in [0.1, 0.15) is 48.3 Å². The van der Waals surface area contributed by atoms with Crippen molar-refractivity contribution in [1.82, 2.24) is 42.5 Å². The number of carbonyl (C=O) groups excluding carboxylic acids is 10. The minimum atomic E-state index is -1.79. The van der Waals surface area contributed by atoms with Crippen molar-refractivity contribution < 1.29 is 63.3 Å². The molecule has 28 heteroatoms. The van der Waals surface area contributed by atoms with Gasteiger partial charge in [-0.25, -0.2) is 0 Å². The van der Waals surface area contributed by atoms with Crippen molar-refractivity contribution >= 4 is 65.0 Å². The maximum absolute atomic E-state index is 13.7. The number of aliphatic hydroxyl groups is 3. The van der Waals surface area contributed by atoms with Crippen LogP contribution in [0, 0.1) is 0 Å². The van der Waals surface area contributed by atoms with E-state index in [2.05, 4.69) is 47.5 Å². The zero-order chi connectivity index (χ0) is 51.4. The fourth-order valence-corrected chi connectivity index (χ4v) is 5.93. The zero-order valence-electron chi connectivity index (χ0n) is 38.5. The van der Waals surface area contributed by atoms with Crippen molar-refractivity contribution in [1.29, 1.82) is 0 Å². The lowest BCUT2D eigenvalue weighted by Crippen LogP contribution is -2.61. The Bertz CT molecular complexity index is 1700. The van der Waals surface area contributed by atoms with E-state index in [4.69, 9.17) is 34.4 Å². The molecule has 0 rings (SSSR count). The lowest BCUT2D eigenvalue weighted by Gasteiger charge is -2.28. The van der Waals surface area contributed by atoms with Crippen molar-refractivity contribution in [3.8, 4) is 0 Å². The normalized spacial score (nSPS) is 15.4. The first-order valence-electron chi connectivity index (χ1n) is 21.8. The Labute approximate surface area is 388 Å². The second-order valence-electron chi connectivity index (χ2n) is 15.8. The van der Waals surface area contributed by atoms with Crippen LogP contribution in [0.25, 0.3) is 0 Å². The van der Waals surface area contributed by atoms with E-state index < -0.39 is 133 Å². The molecule has 0 aromatic rings. The predicted molar refractivity (Wildman–Crippen MR) is 241 cm³/mol. The number of nitrogens with zero attached hydrogens (tertiary/aromatic N) is 1. The summed E-state index contributed by atoms with van der Waals surface area (Å²) in [7, 11) is 0. The van der Waals surface area contributed by atoms with Gasteiger partial charge in [0.2, 0.25) is 59.1 Å². The van der Waals surface area contributed by atoms with Crippen LogP contribution < -0.4 is 76.9 Å². The molecule has 0 unspecified atom stereocenters.